The maximum absolute atomic E-state index is 7.00. The summed E-state index contributed by atoms with van der Waals surface area (Å²) in [6, 6.07) is 3.66. The lowest BCUT2D eigenvalue weighted by Crippen LogP contribution is -1.78. The third-order valence-corrected chi connectivity index (χ3v) is 1.80. The second kappa shape index (κ2) is 4.45. The fourth-order valence-corrected chi connectivity index (χ4v) is 1.12. The van der Waals surface area contributed by atoms with E-state index in [0.29, 0.717) is 5.76 Å². The molecule has 1 rings (SSSR count). The van der Waals surface area contributed by atoms with E-state index in [1.54, 1.807) is 6.07 Å². The average molecular weight is 175 g/mol. The van der Waals surface area contributed by atoms with Crippen LogP contribution in [-0.4, -0.2) is 6.21 Å². The molecular formula is C11H13NO. The third-order valence-electron chi connectivity index (χ3n) is 1.80. The van der Waals surface area contributed by atoms with Crippen LogP contribution >= 0.6 is 0 Å². The molecule has 1 N–H and O–H groups in total. The Morgan fingerprint density at radius 1 is 1.62 bits per heavy atom. The Kier molecular flexibility index (Phi) is 3.26. The minimum Gasteiger partial charge on any atom is -0.455 e. The molecule has 0 unspecified atom stereocenters. The van der Waals surface area contributed by atoms with Crippen molar-refractivity contribution in [2.24, 2.45) is 0 Å². The molecular weight excluding hydrogens is 162 g/mol. The van der Waals surface area contributed by atoms with E-state index in [9.17, 15) is 0 Å². The molecule has 0 bridgehead atoms. The Labute approximate surface area is 78.1 Å². The lowest BCUT2D eigenvalue weighted by atomic mass is 10.1. The summed E-state index contributed by atoms with van der Waals surface area (Å²) < 4.78 is 5.38. The van der Waals surface area contributed by atoms with E-state index >= 15 is 0 Å². The number of nitrogens with one attached hydrogen (secondary N) is 1. The number of hydrogen-bond acceptors (Lipinski definition) is 2. The summed E-state index contributed by atoms with van der Waals surface area (Å²) >= 11 is 0. The van der Waals surface area contributed by atoms with Gasteiger partial charge in [-0.1, -0.05) is 12.2 Å². The van der Waals surface area contributed by atoms with Crippen molar-refractivity contribution in [3.63, 3.8) is 0 Å². The fraction of sp³-hybridized carbons (Fsp3) is 0.182. The van der Waals surface area contributed by atoms with Crippen LogP contribution in [0.15, 0.2) is 35.3 Å². The van der Waals surface area contributed by atoms with E-state index in [-0.39, 0.29) is 0 Å². The first-order valence-electron chi connectivity index (χ1n) is 4.18. The molecule has 68 valence electrons. The third kappa shape index (κ3) is 2.18. The Balaban J connectivity index is 2.91. The molecule has 0 radical (unpaired) electrons. The van der Waals surface area contributed by atoms with Gasteiger partial charge in [0, 0.05) is 0 Å². The summed E-state index contributed by atoms with van der Waals surface area (Å²) in [6.07, 6.45) is 5.82. The number of rotatable bonds is 4. The SMILES string of the molecule is C=CC/C(=C\C)c1ccc(C=N)o1. The molecule has 13 heavy (non-hydrogen) atoms. The lowest BCUT2D eigenvalue weighted by Gasteiger charge is -1.97. The molecule has 1 aromatic rings. The van der Waals surface area contributed by atoms with Gasteiger partial charge in [0.15, 0.2) is 0 Å². The minimum atomic E-state index is 0.582. The molecule has 0 aliphatic heterocycles. The van der Waals surface area contributed by atoms with Crippen LogP contribution < -0.4 is 0 Å². The van der Waals surface area contributed by atoms with Gasteiger partial charge in [0.05, 0.1) is 6.21 Å². The first kappa shape index (κ1) is 9.52. The van der Waals surface area contributed by atoms with Crippen LogP contribution in [0.5, 0.6) is 0 Å². The van der Waals surface area contributed by atoms with E-state index in [2.05, 4.69) is 6.58 Å². The van der Waals surface area contributed by atoms with Gasteiger partial charge < -0.3 is 9.83 Å². The van der Waals surface area contributed by atoms with Crippen LogP contribution in [0.3, 0.4) is 0 Å². The average Bonchev–Trinajstić information content (AvgIpc) is 2.62. The second-order valence-electron chi connectivity index (χ2n) is 2.65. The van der Waals surface area contributed by atoms with Crippen molar-refractivity contribution < 1.29 is 4.42 Å². The van der Waals surface area contributed by atoms with Crippen LogP contribution in [0.2, 0.25) is 0 Å². The Hall–Kier alpha value is -1.57. The molecule has 0 aliphatic carbocycles. The van der Waals surface area contributed by atoms with E-state index in [1.165, 1.54) is 6.21 Å². The van der Waals surface area contributed by atoms with Gasteiger partial charge in [-0.2, -0.15) is 0 Å². The zero-order chi connectivity index (χ0) is 9.68. The summed E-state index contributed by atoms with van der Waals surface area (Å²) in [5, 5.41) is 7.00. The zero-order valence-corrected chi connectivity index (χ0v) is 7.71. The molecule has 0 aliphatic rings. The summed E-state index contributed by atoms with van der Waals surface area (Å²) in [7, 11) is 0. The molecule has 1 heterocycles. The number of hydrogen-bond donors (Lipinski definition) is 1. The fourth-order valence-electron chi connectivity index (χ4n) is 1.12. The first-order chi connectivity index (χ1) is 6.31. The Morgan fingerprint density at radius 2 is 2.38 bits per heavy atom. The summed E-state index contributed by atoms with van der Waals surface area (Å²) in [5.41, 5.74) is 1.10. The predicted octanol–water partition coefficient (Wildman–Crippen LogP) is 3.26. The highest BCUT2D eigenvalue weighted by molar-refractivity contribution is 5.74. The lowest BCUT2D eigenvalue weighted by molar-refractivity contribution is 0.544. The highest BCUT2D eigenvalue weighted by Crippen LogP contribution is 2.20. The van der Waals surface area contributed by atoms with Gasteiger partial charge in [-0.25, -0.2) is 0 Å². The molecule has 1 aromatic heterocycles. The van der Waals surface area contributed by atoms with E-state index < -0.39 is 0 Å². The van der Waals surface area contributed by atoms with Gasteiger partial charge in [-0.15, -0.1) is 6.58 Å². The zero-order valence-electron chi connectivity index (χ0n) is 7.71. The van der Waals surface area contributed by atoms with Crippen LogP contribution in [0, 0.1) is 5.41 Å². The van der Waals surface area contributed by atoms with Gasteiger partial charge in [0.2, 0.25) is 0 Å². The van der Waals surface area contributed by atoms with Gasteiger partial charge in [-0.3, -0.25) is 0 Å². The maximum Gasteiger partial charge on any atom is 0.145 e. The maximum atomic E-state index is 7.00. The second-order valence-corrected chi connectivity index (χ2v) is 2.65. The first-order valence-corrected chi connectivity index (χ1v) is 4.18. The standard InChI is InChI=1S/C11H13NO/c1-3-5-9(4-2)11-7-6-10(8-12)13-11/h3-4,6-8,12H,1,5H2,2H3/b9-4+,12-8?. The van der Waals surface area contributed by atoms with E-state index in [1.807, 2.05) is 25.1 Å². The molecule has 0 spiro atoms. The van der Waals surface area contributed by atoms with Crippen LogP contribution in [0.25, 0.3) is 5.57 Å². The predicted molar refractivity (Wildman–Crippen MR) is 55.1 cm³/mol. The molecule has 0 aromatic carbocycles. The quantitative estimate of drug-likeness (QED) is 0.553. The van der Waals surface area contributed by atoms with Gasteiger partial charge >= 0.3 is 0 Å². The van der Waals surface area contributed by atoms with E-state index in [4.69, 9.17) is 9.83 Å². The normalized spacial score (nSPS) is 11.3. The molecule has 0 saturated carbocycles. The summed E-state index contributed by atoms with van der Waals surface area (Å²) in [6.45, 7) is 5.64. The van der Waals surface area contributed by atoms with E-state index in [0.717, 1.165) is 17.8 Å². The number of allylic oxidation sites excluding steroid dienone is 3. The highest BCUT2D eigenvalue weighted by atomic mass is 16.3. The molecule has 2 nitrogen and oxygen atoms in total. The molecule has 0 atom stereocenters. The monoisotopic (exact) mass is 175 g/mol. The molecule has 0 amide bonds. The summed E-state index contributed by atoms with van der Waals surface area (Å²) in [4.78, 5) is 0. The van der Waals surface area contributed by atoms with Crippen molar-refractivity contribution in [1.82, 2.24) is 0 Å². The van der Waals surface area contributed by atoms with Crippen molar-refractivity contribution in [1.29, 1.82) is 5.41 Å². The van der Waals surface area contributed by atoms with Crippen molar-refractivity contribution in [3.05, 3.63) is 42.4 Å². The number of furan rings is 1. The smallest absolute Gasteiger partial charge is 0.145 e. The largest absolute Gasteiger partial charge is 0.455 e. The van der Waals surface area contributed by atoms with Crippen molar-refractivity contribution in [2.45, 2.75) is 13.3 Å². The molecule has 0 saturated heterocycles. The molecule has 0 fully saturated rings. The van der Waals surface area contributed by atoms with Crippen molar-refractivity contribution in [2.75, 3.05) is 0 Å². The van der Waals surface area contributed by atoms with Gasteiger partial charge in [-0.05, 0) is 31.1 Å². The summed E-state index contributed by atoms with van der Waals surface area (Å²) in [5.74, 6) is 1.40. The minimum absolute atomic E-state index is 0.582. The Bertz CT molecular complexity index is 334. The van der Waals surface area contributed by atoms with Gasteiger partial charge in [0.25, 0.3) is 0 Å². The topological polar surface area (TPSA) is 37.0 Å². The van der Waals surface area contributed by atoms with Crippen molar-refractivity contribution in [3.8, 4) is 0 Å². The molecule has 2 heteroatoms. The van der Waals surface area contributed by atoms with Crippen LogP contribution in [-0.2, 0) is 0 Å². The van der Waals surface area contributed by atoms with Gasteiger partial charge in [0.1, 0.15) is 11.5 Å². The highest BCUT2D eigenvalue weighted by Gasteiger charge is 2.03. The van der Waals surface area contributed by atoms with Crippen LogP contribution in [0.1, 0.15) is 24.9 Å². The van der Waals surface area contributed by atoms with Crippen molar-refractivity contribution >= 4 is 11.8 Å². The Morgan fingerprint density at radius 3 is 2.85 bits per heavy atom. The van der Waals surface area contributed by atoms with Crippen LogP contribution in [0.4, 0.5) is 0 Å².